The number of rotatable bonds is 7. The number of hydrogen-bond acceptors (Lipinski definition) is 9. The Morgan fingerprint density at radius 3 is 2.86 bits per heavy atom. The Kier molecular flexibility index (Phi) is 6.35. The second kappa shape index (κ2) is 9.49. The number of carbonyl (C=O) groups excluding carboxylic acids is 4. The van der Waals surface area contributed by atoms with Crippen LogP contribution in [0.1, 0.15) is 8.99 Å². The summed E-state index contributed by atoms with van der Waals surface area (Å²) in [5.41, 5.74) is 2.03. The van der Waals surface area contributed by atoms with Gasteiger partial charge in [-0.15, -0.1) is 23.1 Å². The number of nitrogens with two attached hydrogens (primary N) is 1. The maximum Gasteiger partial charge on any atom is 1.00 e. The first-order chi connectivity index (χ1) is 14.4. The summed E-state index contributed by atoms with van der Waals surface area (Å²) in [6.45, 7) is -0.500. The molecule has 29 heavy (non-hydrogen) atoms. The molecule has 3 rings (SSSR count). The van der Waals surface area contributed by atoms with E-state index in [-0.39, 0.29) is 47.3 Å². The van der Waals surface area contributed by atoms with Crippen molar-refractivity contribution in [2.24, 2.45) is 5.73 Å². The van der Waals surface area contributed by atoms with E-state index in [9.17, 15) is 24.3 Å². The Morgan fingerprint density at radius 1 is 1.52 bits per heavy atom. The monoisotopic (exact) mass is 453 g/mol. The molecule has 0 radical (unpaired) electrons. The molecular formula is C16H16N3NaO7S2. The molecule has 2 aliphatic heterocycles. The van der Waals surface area contributed by atoms with E-state index in [1.54, 1.807) is 17.5 Å². The number of primary amides is 1. The van der Waals surface area contributed by atoms with Gasteiger partial charge in [-0.05, 0) is 11.4 Å². The van der Waals surface area contributed by atoms with Gasteiger partial charge in [0.05, 0.1) is 22.2 Å². The number of nitrogens with zero attached hydrogens (tertiary/aromatic N) is 1. The molecule has 0 unspecified atom stereocenters. The fraction of sp³-hybridized carbons (Fsp3) is 0.375. The number of thiophene rings is 1. The largest absolute Gasteiger partial charge is 1.00 e. The number of amides is 3. The molecule has 0 aromatic carbocycles. The molecule has 3 N–H and O–H groups in total. The SMILES string of the molecule is [2H][13C]([2H])([2H])O[C@@]1(NC(=O)Cc2cccs2)C(=O)N2C(C(=O)[O-])=C(COC(N)=O)CS[C@@H]21.[Na+]. The molecule has 1 aromatic heterocycles. The topological polar surface area (TPSA) is 151 Å². The van der Waals surface area contributed by atoms with Crippen molar-refractivity contribution < 1.29 is 67.4 Å². The Morgan fingerprint density at radius 2 is 2.28 bits per heavy atom. The minimum absolute atomic E-state index is 0. The fourth-order valence-electron chi connectivity index (χ4n) is 2.90. The van der Waals surface area contributed by atoms with Crippen molar-refractivity contribution in [3.8, 4) is 0 Å². The van der Waals surface area contributed by atoms with Crippen LogP contribution < -0.4 is 45.7 Å². The summed E-state index contributed by atoms with van der Waals surface area (Å²) in [6.07, 6.45) is -1.27. The molecule has 2 aliphatic rings. The molecule has 3 amide bonds. The van der Waals surface area contributed by atoms with Crippen LogP contribution in [0.15, 0.2) is 28.8 Å². The van der Waals surface area contributed by atoms with Crippen LogP contribution in [0.3, 0.4) is 0 Å². The zero-order valence-electron chi connectivity index (χ0n) is 18.1. The molecule has 13 heteroatoms. The van der Waals surface area contributed by atoms with Crippen LogP contribution in [-0.4, -0.2) is 59.3 Å². The maximum atomic E-state index is 13.0. The number of β-lactam (4-membered cyclic amide) rings is 1. The molecule has 0 bridgehead atoms. The van der Waals surface area contributed by atoms with E-state index < -0.39 is 54.3 Å². The number of carbonyl (C=O) groups is 4. The Hall–Kier alpha value is -1.57. The predicted octanol–water partition coefficient (Wildman–Crippen LogP) is -4.23. The second-order valence-corrected chi connectivity index (χ2v) is 7.93. The third kappa shape index (κ3) is 4.47. The van der Waals surface area contributed by atoms with Crippen molar-refractivity contribution in [1.29, 1.82) is 0 Å². The smallest absolute Gasteiger partial charge is 0.543 e. The third-order valence-corrected chi connectivity index (χ3v) is 6.34. The number of nitrogens with one attached hydrogen (secondary N) is 1. The number of methoxy groups -OCH3 is 1. The second-order valence-electron chi connectivity index (χ2n) is 5.83. The van der Waals surface area contributed by atoms with E-state index in [2.05, 4.69) is 10.1 Å². The van der Waals surface area contributed by atoms with Crippen LogP contribution in [-0.2, 0) is 30.3 Å². The third-order valence-electron chi connectivity index (χ3n) is 4.09. The number of thioether (sulfide) groups is 1. The van der Waals surface area contributed by atoms with Gasteiger partial charge in [0.1, 0.15) is 12.0 Å². The van der Waals surface area contributed by atoms with Crippen molar-refractivity contribution in [2.75, 3.05) is 19.4 Å². The molecule has 1 saturated heterocycles. The summed E-state index contributed by atoms with van der Waals surface area (Å²) in [5.74, 6) is -3.59. The average Bonchev–Trinajstić information content (AvgIpc) is 3.16. The number of carboxylic acid groups (broad SMARTS) is 1. The molecule has 1 fully saturated rings. The van der Waals surface area contributed by atoms with Crippen molar-refractivity contribution in [3.63, 3.8) is 0 Å². The number of aliphatic carboxylic acids is 1. The van der Waals surface area contributed by atoms with Crippen molar-refractivity contribution in [3.05, 3.63) is 33.7 Å². The van der Waals surface area contributed by atoms with E-state index in [4.69, 9.17) is 14.6 Å². The molecule has 0 aliphatic carbocycles. The number of hydrogen-bond donors (Lipinski definition) is 2. The normalized spacial score (nSPS) is 24.8. The van der Waals surface area contributed by atoms with Crippen LogP contribution in [0.5, 0.6) is 0 Å². The molecule has 150 valence electrons. The van der Waals surface area contributed by atoms with E-state index in [0.717, 1.165) is 16.7 Å². The summed E-state index contributed by atoms with van der Waals surface area (Å²) in [6, 6.07) is 3.41. The van der Waals surface area contributed by atoms with E-state index in [1.165, 1.54) is 11.3 Å². The molecule has 1 aromatic rings. The fourth-order valence-corrected chi connectivity index (χ4v) is 4.98. The van der Waals surface area contributed by atoms with Gasteiger partial charge >= 0.3 is 35.7 Å². The summed E-state index contributed by atoms with van der Waals surface area (Å²) in [5, 5.41) is 14.6. The summed E-state index contributed by atoms with van der Waals surface area (Å²) < 4.78 is 31.9. The Balaban J connectivity index is 0.00000363. The summed E-state index contributed by atoms with van der Waals surface area (Å²) in [7, 11) is -3.07. The molecular weight excluding hydrogens is 434 g/mol. The van der Waals surface area contributed by atoms with Gasteiger partial charge in [-0.25, -0.2) is 4.79 Å². The van der Waals surface area contributed by atoms with Gasteiger partial charge in [0.15, 0.2) is 0 Å². The molecule has 10 nitrogen and oxygen atoms in total. The van der Waals surface area contributed by atoms with Crippen molar-refractivity contribution in [1.82, 2.24) is 10.2 Å². The van der Waals surface area contributed by atoms with Gasteiger partial charge in [0.2, 0.25) is 5.91 Å². The van der Waals surface area contributed by atoms with Gasteiger partial charge in [-0.2, -0.15) is 0 Å². The van der Waals surface area contributed by atoms with Crippen LogP contribution in [0.2, 0.25) is 0 Å². The van der Waals surface area contributed by atoms with E-state index in [0.29, 0.717) is 4.88 Å². The minimum atomic E-state index is -3.07. The first-order valence-electron chi connectivity index (χ1n) is 9.29. The van der Waals surface area contributed by atoms with Crippen LogP contribution in [0.4, 0.5) is 4.79 Å². The van der Waals surface area contributed by atoms with E-state index in [1.807, 2.05) is 0 Å². The van der Waals surface area contributed by atoms with Crippen LogP contribution in [0.25, 0.3) is 0 Å². The standard InChI is InChI=1S/C16H17N3O7S2.Na/c1-25-16(18-10(20)5-9-3-2-4-27-9)13(23)19-11(12(21)22)8(6-26-15(17)24)7-28-14(16)19;/h2-4,14H,5-7H2,1H3,(H2,17,24)(H,18,20)(H,21,22);/q;+1/p-1/t14-,16+;/m1./s1/i1+1D3;. The maximum absolute atomic E-state index is 13.0. The zero-order chi connectivity index (χ0) is 23.0. The van der Waals surface area contributed by atoms with Crippen LogP contribution in [0, 0.1) is 0 Å². The van der Waals surface area contributed by atoms with Gasteiger partial charge in [0.25, 0.3) is 11.6 Å². The van der Waals surface area contributed by atoms with Crippen molar-refractivity contribution in [2.45, 2.75) is 17.5 Å². The number of fused-ring (bicyclic) bond motifs is 1. The summed E-state index contributed by atoms with van der Waals surface area (Å²) in [4.78, 5) is 49.5. The number of ether oxygens (including phenoxy) is 2. The average molecular weight is 453 g/mol. The zero-order valence-corrected chi connectivity index (χ0v) is 18.8. The number of carboxylic acids is 1. The Bertz CT molecular complexity index is 957. The van der Waals surface area contributed by atoms with Gasteiger partial charge < -0.3 is 30.4 Å². The summed E-state index contributed by atoms with van der Waals surface area (Å²) >= 11 is 2.23. The molecule has 0 spiro atoms. The van der Waals surface area contributed by atoms with E-state index >= 15 is 0 Å². The van der Waals surface area contributed by atoms with Gasteiger partial charge in [-0.3, -0.25) is 14.5 Å². The van der Waals surface area contributed by atoms with Crippen LogP contribution >= 0.6 is 23.1 Å². The van der Waals surface area contributed by atoms with Crippen molar-refractivity contribution >= 4 is 47.0 Å². The molecule has 3 heterocycles. The van der Waals surface area contributed by atoms with Gasteiger partial charge in [-0.1, -0.05) is 6.07 Å². The first kappa shape index (κ1) is 19.4. The molecule has 2 atom stereocenters. The Labute approximate surface area is 200 Å². The molecule has 0 saturated carbocycles. The quantitative estimate of drug-likeness (QED) is 0.182. The first-order valence-corrected chi connectivity index (χ1v) is 9.72. The predicted molar refractivity (Wildman–Crippen MR) is 96.6 cm³/mol. The minimum Gasteiger partial charge on any atom is -0.543 e. The van der Waals surface area contributed by atoms with Gasteiger partial charge in [0, 0.05) is 23.2 Å².